The number of rotatable bonds is 2. The molecule has 2 bridgehead atoms. The average molecular weight is 347 g/mol. The minimum atomic E-state index is 0.169. The Hall–Kier alpha value is 0.120. The Morgan fingerprint density at radius 3 is 2.35 bits per heavy atom. The number of fused-ring (bicyclic) bond motifs is 2. The van der Waals surface area contributed by atoms with Crippen molar-refractivity contribution in [1.29, 1.82) is 0 Å². The smallest absolute Gasteiger partial charge is 0.241 e. The zero-order chi connectivity index (χ0) is 11.6. The molecule has 0 aromatic rings. The van der Waals surface area contributed by atoms with Crippen LogP contribution in [-0.2, 0) is 4.79 Å². The Labute approximate surface area is 116 Å². The van der Waals surface area contributed by atoms with Crippen LogP contribution in [0.15, 0.2) is 0 Å². The van der Waals surface area contributed by atoms with Gasteiger partial charge in [0.2, 0.25) is 5.91 Å². The number of piperazine rings is 1. The van der Waals surface area contributed by atoms with Gasteiger partial charge in [0.05, 0.1) is 0 Å². The van der Waals surface area contributed by atoms with Crippen molar-refractivity contribution in [2.24, 2.45) is 5.92 Å². The first kappa shape index (κ1) is 11.0. The topological polar surface area (TPSA) is 45.5 Å². The first-order valence-electron chi connectivity index (χ1n) is 6.73. The standard InChI is InChI=1S/C12H18IN3O/c13-16-8-3-4-9(16)6-15(5-8)12(17)11-10(14-11)7-1-2-7/h7-11,14H,1-6H2/t8?,9?,10-,11-/m1/s1. The van der Waals surface area contributed by atoms with Gasteiger partial charge < -0.3 is 4.90 Å². The van der Waals surface area contributed by atoms with Crippen LogP contribution in [0.1, 0.15) is 25.7 Å². The van der Waals surface area contributed by atoms with Gasteiger partial charge in [0, 0.05) is 54.1 Å². The number of carbonyl (C=O) groups is 1. The van der Waals surface area contributed by atoms with E-state index in [1.54, 1.807) is 0 Å². The lowest BCUT2D eigenvalue weighted by atomic mass is 10.1. The monoisotopic (exact) mass is 347 g/mol. The maximum absolute atomic E-state index is 12.4. The molecule has 0 aromatic carbocycles. The van der Waals surface area contributed by atoms with E-state index in [9.17, 15) is 4.79 Å². The highest BCUT2D eigenvalue weighted by Gasteiger charge is 2.53. The molecule has 0 aromatic heterocycles. The Balaban J connectivity index is 1.41. The fourth-order valence-corrected chi connectivity index (χ4v) is 4.38. The minimum Gasteiger partial charge on any atom is -0.338 e. The summed E-state index contributed by atoms with van der Waals surface area (Å²) in [7, 11) is 0. The molecule has 3 saturated heterocycles. The van der Waals surface area contributed by atoms with Gasteiger partial charge in [-0.15, -0.1) is 0 Å². The maximum atomic E-state index is 12.4. The normalized spacial score (nSPS) is 45.1. The molecular formula is C12H18IN3O. The van der Waals surface area contributed by atoms with Crippen LogP contribution in [0.5, 0.6) is 0 Å². The van der Waals surface area contributed by atoms with Gasteiger partial charge in [-0.1, -0.05) is 0 Å². The van der Waals surface area contributed by atoms with Crippen LogP contribution in [0.25, 0.3) is 0 Å². The van der Waals surface area contributed by atoms with Crippen molar-refractivity contribution in [2.45, 2.75) is 49.9 Å². The summed E-state index contributed by atoms with van der Waals surface area (Å²) >= 11 is 2.44. The quantitative estimate of drug-likeness (QED) is 0.456. The molecule has 4 nitrogen and oxygen atoms in total. The van der Waals surface area contributed by atoms with E-state index in [2.05, 4.69) is 36.2 Å². The number of hydrogen-bond donors (Lipinski definition) is 1. The van der Waals surface area contributed by atoms with Crippen molar-refractivity contribution in [2.75, 3.05) is 13.1 Å². The molecule has 0 radical (unpaired) electrons. The second-order valence-electron chi connectivity index (χ2n) is 5.98. The van der Waals surface area contributed by atoms with E-state index in [-0.39, 0.29) is 6.04 Å². The van der Waals surface area contributed by atoms with Crippen molar-refractivity contribution in [3.8, 4) is 0 Å². The zero-order valence-electron chi connectivity index (χ0n) is 9.81. The minimum absolute atomic E-state index is 0.169. The molecule has 17 heavy (non-hydrogen) atoms. The van der Waals surface area contributed by atoms with E-state index >= 15 is 0 Å². The number of amides is 1. The van der Waals surface area contributed by atoms with Crippen LogP contribution < -0.4 is 5.32 Å². The van der Waals surface area contributed by atoms with Crippen molar-refractivity contribution in [1.82, 2.24) is 13.3 Å². The maximum Gasteiger partial charge on any atom is 0.241 e. The Kier molecular flexibility index (Phi) is 2.46. The molecule has 3 heterocycles. The van der Waals surface area contributed by atoms with Crippen molar-refractivity contribution < 1.29 is 4.79 Å². The number of nitrogens with one attached hydrogen (secondary N) is 1. The molecule has 5 heteroatoms. The van der Waals surface area contributed by atoms with Gasteiger partial charge in [-0.2, -0.15) is 0 Å². The molecule has 0 spiro atoms. The van der Waals surface area contributed by atoms with Gasteiger partial charge in [0.1, 0.15) is 6.04 Å². The highest BCUT2D eigenvalue weighted by atomic mass is 127. The Bertz CT molecular complexity index is 346. The zero-order valence-corrected chi connectivity index (χ0v) is 12.0. The number of carbonyl (C=O) groups excluding carboxylic acids is 1. The van der Waals surface area contributed by atoms with Crippen LogP contribution in [0.4, 0.5) is 0 Å². The third-order valence-electron chi connectivity index (χ3n) is 4.72. The molecule has 2 unspecified atom stereocenters. The molecule has 3 aliphatic heterocycles. The third-order valence-corrected chi connectivity index (χ3v) is 6.30. The van der Waals surface area contributed by atoms with Crippen LogP contribution in [0, 0.1) is 5.92 Å². The molecule has 1 saturated carbocycles. The predicted molar refractivity (Wildman–Crippen MR) is 72.7 cm³/mol. The average Bonchev–Trinajstić information content (AvgIpc) is 3.17. The van der Waals surface area contributed by atoms with Crippen LogP contribution in [-0.4, -0.2) is 51.2 Å². The fourth-order valence-electron chi connectivity index (χ4n) is 3.47. The summed E-state index contributed by atoms with van der Waals surface area (Å²) in [5, 5.41) is 3.38. The summed E-state index contributed by atoms with van der Waals surface area (Å²) in [6.45, 7) is 1.90. The number of hydrogen-bond acceptors (Lipinski definition) is 3. The highest BCUT2D eigenvalue weighted by molar-refractivity contribution is 14.1. The van der Waals surface area contributed by atoms with E-state index < -0.39 is 0 Å². The molecule has 4 atom stereocenters. The number of halogens is 1. The SMILES string of the molecule is O=C([C@@H]1N[C@@H]1C1CC1)N1CC2CCC(C1)N2I. The van der Waals surface area contributed by atoms with Crippen molar-refractivity contribution in [3.63, 3.8) is 0 Å². The molecule has 4 rings (SSSR count). The third kappa shape index (κ3) is 1.81. The second-order valence-corrected chi connectivity index (χ2v) is 7.09. The lowest BCUT2D eigenvalue weighted by Crippen LogP contribution is -2.53. The number of likely N-dealkylation sites (tertiary alicyclic amines) is 1. The predicted octanol–water partition coefficient (Wildman–Crippen LogP) is 0.762. The summed E-state index contributed by atoms with van der Waals surface area (Å²) in [4.78, 5) is 14.5. The van der Waals surface area contributed by atoms with E-state index in [1.807, 2.05) is 0 Å². The van der Waals surface area contributed by atoms with Gasteiger partial charge in [0.15, 0.2) is 0 Å². The van der Waals surface area contributed by atoms with Crippen LogP contribution >= 0.6 is 22.9 Å². The van der Waals surface area contributed by atoms with E-state index in [0.717, 1.165) is 19.0 Å². The highest BCUT2D eigenvalue weighted by Crippen LogP contribution is 2.41. The molecule has 1 amide bonds. The largest absolute Gasteiger partial charge is 0.338 e. The lowest BCUT2D eigenvalue weighted by Gasteiger charge is -2.37. The summed E-state index contributed by atoms with van der Waals surface area (Å²) in [6, 6.07) is 1.91. The molecule has 94 valence electrons. The van der Waals surface area contributed by atoms with Crippen molar-refractivity contribution in [3.05, 3.63) is 0 Å². The number of nitrogens with zero attached hydrogens (tertiary/aromatic N) is 2. The van der Waals surface area contributed by atoms with Gasteiger partial charge >= 0.3 is 0 Å². The Morgan fingerprint density at radius 2 is 1.76 bits per heavy atom. The molecule has 4 aliphatic rings. The summed E-state index contributed by atoms with van der Waals surface area (Å²) in [6.07, 6.45) is 5.19. The second kappa shape index (κ2) is 3.81. The first-order valence-corrected chi connectivity index (χ1v) is 7.69. The van der Waals surface area contributed by atoms with Gasteiger partial charge in [-0.3, -0.25) is 10.1 Å². The van der Waals surface area contributed by atoms with Crippen molar-refractivity contribution >= 4 is 28.8 Å². The summed E-state index contributed by atoms with van der Waals surface area (Å²) in [5.41, 5.74) is 0. The first-order chi connectivity index (χ1) is 8.24. The van der Waals surface area contributed by atoms with E-state index in [1.165, 1.54) is 25.7 Å². The Morgan fingerprint density at radius 1 is 1.12 bits per heavy atom. The van der Waals surface area contributed by atoms with Gasteiger partial charge in [-0.05, 0) is 31.6 Å². The van der Waals surface area contributed by atoms with E-state index in [4.69, 9.17) is 0 Å². The van der Waals surface area contributed by atoms with Gasteiger partial charge in [0.25, 0.3) is 0 Å². The summed E-state index contributed by atoms with van der Waals surface area (Å²) < 4.78 is 2.44. The van der Waals surface area contributed by atoms with Crippen LogP contribution in [0.3, 0.4) is 0 Å². The molecule has 1 N–H and O–H groups in total. The lowest BCUT2D eigenvalue weighted by molar-refractivity contribution is -0.132. The van der Waals surface area contributed by atoms with Gasteiger partial charge in [-0.25, -0.2) is 3.11 Å². The fraction of sp³-hybridized carbons (Fsp3) is 0.917. The molecule has 1 aliphatic carbocycles. The van der Waals surface area contributed by atoms with E-state index in [0.29, 0.717) is 24.0 Å². The summed E-state index contributed by atoms with van der Waals surface area (Å²) in [5.74, 6) is 1.19. The van der Waals surface area contributed by atoms with Crippen LogP contribution in [0.2, 0.25) is 0 Å². The molecule has 4 fully saturated rings. The molecular weight excluding hydrogens is 329 g/mol.